The van der Waals surface area contributed by atoms with Gasteiger partial charge in [0.25, 0.3) is 0 Å². The maximum absolute atomic E-state index is 11.4. The first-order valence-electron chi connectivity index (χ1n) is 11.4. The van der Waals surface area contributed by atoms with Crippen LogP contribution in [0.5, 0.6) is 5.75 Å². The molecule has 0 atom stereocenters. The number of carboxylic acids is 1. The third-order valence-corrected chi connectivity index (χ3v) is 5.42. The molecule has 0 spiro atoms. The molecule has 0 radical (unpaired) electrons. The van der Waals surface area contributed by atoms with Crippen molar-refractivity contribution in [1.29, 1.82) is 0 Å². The SMILES string of the molecule is CCCCCCCCCCCCOc1ccc(C=C2CC(N)=CC=C2C(=O)O)cc1. The average Bonchev–Trinajstić information content (AvgIpc) is 2.73. The highest BCUT2D eigenvalue weighted by atomic mass is 16.5. The molecule has 1 aromatic carbocycles. The first kappa shape index (κ1) is 23.8. The number of benzene rings is 1. The Kier molecular flexibility index (Phi) is 10.8. The Hall–Kier alpha value is -2.49. The molecule has 1 aromatic rings. The summed E-state index contributed by atoms with van der Waals surface area (Å²) in [7, 11) is 0. The molecular weight excluding hydrogens is 374 g/mol. The molecule has 164 valence electrons. The van der Waals surface area contributed by atoms with Crippen LogP contribution in [0.3, 0.4) is 0 Å². The Morgan fingerprint density at radius 2 is 1.57 bits per heavy atom. The first-order valence-corrected chi connectivity index (χ1v) is 11.4. The van der Waals surface area contributed by atoms with Crippen LogP contribution in [0.15, 0.2) is 53.3 Å². The number of allylic oxidation sites excluding steroid dienone is 3. The fraction of sp³-hybridized carbons (Fsp3) is 0.500. The number of ether oxygens (including phenoxy) is 1. The molecule has 0 heterocycles. The van der Waals surface area contributed by atoms with Crippen molar-refractivity contribution in [3.8, 4) is 5.75 Å². The second-order valence-electron chi connectivity index (χ2n) is 8.07. The average molecular weight is 412 g/mol. The standard InChI is InChI=1S/C26H37NO3/c1-2-3-4-5-6-7-8-9-10-11-18-30-24-15-12-21(13-16-24)19-22-20-23(27)14-17-25(22)26(28)29/h12-17,19H,2-11,18,20,27H2,1H3,(H,28,29). The van der Waals surface area contributed by atoms with Crippen LogP contribution in [0.1, 0.15) is 83.1 Å². The lowest BCUT2D eigenvalue weighted by molar-refractivity contribution is -0.132. The molecule has 1 aliphatic rings. The van der Waals surface area contributed by atoms with E-state index in [2.05, 4.69) is 6.92 Å². The van der Waals surface area contributed by atoms with Gasteiger partial charge in [-0.1, -0.05) is 82.9 Å². The summed E-state index contributed by atoms with van der Waals surface area (Å²) in [6, 6.07) is 7.79. The van der Waals surface area contributed by atoms with E-state index in [0.29, 0.717) is 17.7 Å². The predicted molar refractivity (Wildman–Crippen MR) is 124 cm³/mol. The predicted octanol–water partition coefficient (Wildman–Crippen LogP) is 6.63. The number of aliphatic carboxylic acids is 1. The van der Waals surface area contributed by atoms with Crippen LogP contribution in [-0.2, 0) is 4.79 Å². The number of nitrogens with two attached hydrogens (primary N) is 1. The molecule has 4 nitrogen and oxygen atoms in total. The third kappa shape index (κ3) is 8.89. The van der Waals surface area contributed by atoms with E-state index in [4.69, 9.17) is 10.5 Å². The van der Waals surface area contributed by atoms with Crippen LogP contribution in [0.25, 0.3) is 6.08 Å². The number of carbonyl (C=O) groups is 1. The quantitative estimate of drug-likeness (QED) is 0.337. The lowest BCUT2D eigenvalue weighted by Crippen LogP contribution is -2.10. The van der Waals surface area contributed by atoms with Crippen LogP contribution >= 0.6 is 0 Å². The first-order chi connectivity index (χ1) is 14.6. The van der Waals surface area contributed by atoms with Gasteiger partial charge in [0.2, 0.25) is 0 Å². The molecule has 0 saturated heterocycles. The van der Waals surface area contributed by atoms with Gasteiger partial charge in [-0.05, 0) is 41.8 Å². The normalized spacial score (nSPS) is 15.0. The van der Waals surface area contributed by atoms with Crippen LogP contribution in [0.2, 0.25) is 0 Å². The zero-order valence-electron chi connectivity index (χ0n) is 18.4. The summed E-state index contributed by atoms with van der Waals surface area (Å²) in [4.78, 5) is 11.4. The smallest absolute Gasteiger partial charge is 0.335 e. The maximum atomic E-state index is 11.4. The zero-order chi connectivity index (χ0) is 21.6. The van der Waals surface area contributed by atoms with Crippen molar-refractivity contribution in [2.75, 3.05) is 6.61 Å². The van der Waals surface area contributed by atoms with Crippen LogP contribution < -0.4 is 10.5 Å². The molecule has 0 aliphatic heterocycles. The number of unbranched alkanes of at least 4 members (excludes halogenated alkanes) is 9. The molecule has 0 fully saturated rings. The minimum absolute atomic E-state index is 0.297. The van der Waals surface area contributed by atoms with Gasteiger partial charge in [-0.2, -0.15) is 0 Å². The largest absolute Gasteiger partial charge is 0.494 e. The van der Waals surface area contributed by atoms with Crippen molar-refractivity contribution in [2.45, 2.75) is 77.6 Å². The van der Waals surface area contributed by atoms with Gasteiger partial charge in [0, 0.05) is 12.1 Å². The van der Waals surface area contributed by atoms with E-state index in [0.717, 1.165) is 29.9 Å². The van der Waals surface area contributed by atoms with Crippen molar-refractivity contribution in [3.63, 3.8) is 0 Å². The highest BCUT2D eigenvalue weighted by molar-refractivity contribution is 5.94. The number of rotatable bonds is 14. The molecule has 30 heavy (non-hydrogen) atoms. The molecule has 0 saturated carbocycles. The van der Waals surface area contributed by atoms with E-state index in [1.165, 1.54) is 57.8 Å². The third-order valence-electron chi connectivity index (χ3n) is 5.42. The van der Waals surface area contributed by atoms with Crippen LogP contribution in [0, 0.1) is 0 Å². The van der Waals surface area contributed by atoms with Crippen molar-refractivity contribution in [2.24, 2.45) is 5.73 Å². The Balaban J connectivity index is 1.66. The highest BCUT2D eigenvalue weighted by Gasteiger charge is 2.16. The van der Waals surface area contributed by atoms with E-state index >= 15 is 0 Å². The van der Waals surface area contributed by atoms with Gasteiger partial charge in [-0.3, -0.25) is 0 Å². The van der Waals surface area contributed by atoms with Crippen molar-refractivity contribution in [3.05, 3.63) is 58.8 Å². The Morgan fingerprint density at radius 3 is 2.17 bits per heavy atom. The fourth-order valence-corrected chi connectivity index (χ4v) is 3.65. The molecule has 3 N–H and O–H groups in total. The second-order valence-corrected chi connectivity index (χ2v) is 8.07. The zero-order valence-corrected chi connectivity index (χ0v) is 18.4. The van der Waals surface area contributed by atoms with Crippen LogP contribution in [-0.4, -0.2) is 17.7 Å². The number of hydrogen-bond donors (Lipinski definition) is 2. The Bertz CT molecular complexity index is 744. The molecule has 4 heteroatoms. The number of hydrogen-bond acceptors (Lipinski definition) is 3. The van der Waals surface area contributed by atoms with Gasteiger partial charge in [0.1, 0.15) is 5.75 Å². The van der Waals surface area contributed by atoms with E-state index in [1.54, 1.807) is 12.2 Å². The van der Waals surface area contributed by atoms with E-state index in [9.17, 15) is 9.90 Å². The van der Waals surface area contributed by atoms with Gasteiger partial charge in [-0.25, -0.2) is 4.79 Å². The molecular formula is C26H37NO3. The molecule has 0 bridgehead atoms. The van der Waals surface area contributed by atoms with Gasteiger partial charge >= 0.3 is 5.97 Å². The number of carboxylic acid groups (broad SMARTS) is 1. The van der Waals surface area contributed by atoms with E-state index in [-0.39, 0.29) is 0 Å². The molecule has 1 aliphatic carbocycles. The summed E-state index contributed by atoms with van der Waals surface area (Å²) in [5.41, 5.74) is 8.49. The monoisotopic (exact) mass is 411 g/mol. The van der Waals surface area contributed by atoms with Crippen molar-refractivity contribution >= 4 is 12.0 Å². The van der Waals surface area contributed by atoms with Gasteiger partial charge < -0.3 is 15.6 Å². The molecule has 0 unspecified atom stereocenters. The summed E-state index contributed by atoms with van der Waals surface area (Å²) < 4.78 is 5.84. The molecule has 0 amide bonds. The summed E-state index contributed by atoms with van der Waals surface area (Å²) >= 11 is 0. The summed E-state index contributed by atoms with van der Waals surface area (Å²) in [5, 5.41) is 9.35. The Morgan fingerprint density at radius 1 is 0.967 bits per heavy atom. The van der Waals surface area contributed by atoms with Gasteiger partial charge in [0.15, 0.2) is 0 Å². The van der Waals surface area contributed by atoms with Crippen molar-refractivity contribution < 1.29 is 14.6 Å². The fourth-order valence-electron chi connectivity index (χ4n) is 3.65. The summed E-state index contributed by atoms with van der Waals surface area (Å²) in [6.45, 7) is 3.00. The minimum atomic E-state index is -0.929. The van der Waals surface area contributed by atoms with E-state index < -0.39 is 5.97 Å². The minimum Gasteiger partial charge on any atom is -0.494 e. The molecule has 0 aromatic heterocycles. The lowest BCUT2D eigenvalue weighted by atomic mass is 9.94. The van der Waals surface area contributed by atoms with Gasteiger partial charge in [-0.15, -0.1) is 0 Å². The van der Waals surface area contributed by atoms with Crippen LogP contribution in [0.4, 0.5) is 0 Å². The van der Waals surface area contributed by atoms with E-state index in [1.807, 2.05) is 30.3 Å². The lowest BCUT2D eigenvalue weighted by Gasteiger charge is -2.13. The Labute approximate surface area is 181 Å². The topological polar surface area (TPSA) is 72.5 Å². The summed E-state index contributed by atoms with van der Waals surface area (Å²) in [5.74, 6) is -0.0772. The highest BCUT2D eigenvalue weighted by Crippen LogP contribution is 2.25. The molecule has 2 rings (SSSR count). The summed E-state index contributed by atoms with van der Waals surface area (Å²) in [6.07, 6.45) is 18.7. The van der Waals surface area contributed by atoms with Crippen molar-refractivity contribution in [1.82, 2.24) is 0 Å². The van der Waals surface area contributed by atoms with Gasteiger partial charge in [0.05, 0.1) is 12.2 Å². The second kappa shape index (κ2) is 13.7. The maximum Gasteiger partial charge on any atom is 0.335 e.